The number of aliphatic carboxylic acids is 1. The van der Waals surface area contributed by atoms with E-state index in [-0.39, 0.29) is 33.6 Å². The number of hydrogen-bond donors (Lipinski definition) is 4. The molecule has 3 heterocycles. The predicted molar refractivity (Wildman–Crippen MR) is 174 cm³/mol. The first kappa shape index (κ1) is 33.9. The number of β-lactam (4-membered cyclic amide) rings is 1. The van der Waals surface area contributed by atoms with Gasteiger partial charge >= 0.3 is 18.0 Å². The maximum absolute atomic E-state index is 13.6. The SMILES string of the molecule is CC(C)(ON=C(C(=O)N[C@@H]1C(=O)N2C(C(=O)O)=C(COC(N)=O)CS[C@H]12)c1csc(N)n1)C(=O)OC(c1ccccc1)c1ccccc1. The first-order valence-corrected chi connectivity index (χ1v) is 16.2. The maximum Gasteiger partial charge on any atom is 0.404 e. The number of carbonyl (C=O) groups is 5. The van der Waals surface area contributed by atoms with Crippen molar-refractivity contribution in [1.29, 1.82) is 0 Å². The van der Waals surface area contributed by atoms with Crippen LogP contribution in [-0.2, 0) is 33.5 Å². The predicted octanol–water partition coefficient (Wildman–Crippen LogP) is 2.39. The van der Waals surface area contributed by atoms with Gasteiger partial charge in [-0.1, -0.05) is 65.8 Å². The van der Waals surface area contributed by atoms with Crippen molar-refractivity contribution in [3.05, 3.63) is 94.1 Å². The Morgan fingerprint density at radius 1 is 1.10 bits per heavy atom. The third-order valence-electron chi connectivity index (χ3n) is 7.19. The van der Waals surface area contributed by atoms with Crippen LogP contribution in [0.2, 0.25) is 0 Å². The fourth-order valence-electron chi connectivity index (χ4n) is 4.79. The molecule has 2 aliphatic heterocycles. The van der Waals surface area contributed by atoms with Gasteiger partial charge < -0.3 is 36.2 Å². The summed E-state index contributed by atoms with van der Waals surface area (Å²) >= 11 is 2.18. The van der Waals surface area contributed by atoms with E-state index in [4.69, 9.17) is 25.8 Å². The number of primary amides is 1. The molecule has 2 atom stereocenters. The van der Waals surface area contributed by atoms with Crippen molar-refractivity contribution in [2.24, 2.45) is 10.9 Å². The van der Waals surface area contributed by atoms with E-state index in [1.165, 1.54) is 19.2 Å². The van der Waals surface area contributed by atoms with Gasteiger partial charge in [-0.25, -0.2) is 19.4 Å². The number of carboxylic acid groups (broad SMARTS) is 1. The lowest BCUT2D eigenvalue weighted by molar-refractivity contribution is -0.172. The van der Waals surface area contributed by atoms with Crippen molar-refractivity contribution in [2.45, 2.75) is 37.0 Å². The fraction of sp³-hybridized carbons (Fsp3) is 0.258. The number of nitrogens with one attached hydrogen (secondary N) is 1. The Morgan fingerprint density at radius 3 is 2.27 bits per heavy atom. The lowest BCUT2D eigenvalue weighted by Gasteiger charge is -2.49. The number of oxime groups is 1. The molecule has 0 bridgehead atoms. The summed E-state index contributed by atoms with van der Waals surface area (Å²) in [5.41, 5.74) is 9.99. The second-order valence-electron chi connectivity index (χ2n) is 10.9. The summed E-state index contributed by atoms with van der Waals surface area (Å²) in [7, 11) is 0. The molecule has 3 amide bonds. The van der Waals surface area contributed by atoms with Crippen molar-refractivity contribution in [3.8, 4) is 0 Å². The monoisotopic (exact) mass is 694 g/mol. The van der Waals surface area contributed by atoms with Crippen molar-refractivity contribution < 1.29 is 43.4 Å². The first-order chi connectivity index (χ1) is 22.9. The quantitative estimate of drug-likeness (QED) is 0.0928. The molecule has 6 N–H and O–H groups in total. The van der Waals surface area contributed by atoms with E-state index in [1.807, 2.05) is 60.7 Å². The number of nitrogens with two attached hydrogens (primary N) is 2. The van der Waals surface area contributed by atoms with Crippen LogP contribution in [0.4, 0.5) is 9.93 Å². The summed E-state index contributed by atoms with van der Waals surface area (Å²) in [6.45, 7) is 2.43. The van der Waals surface area contributed by atoms with Gasteiger partial charge in [0.05, 0.1) is 0 Å². The van der Waals surface area contributed by atoms with Crippen molar-refractivity contribution in [1.82, 2.24) is 15.2 Å². The molecule has 1 saturated heterocycles. The molecule has 0 radical (unpaired) electrons. The molecular formula is C31H30N6O9S2. The highest BCUT2D eigenvalue weighted by molar-refractivity contribution is 8.00. The number of thioether (sulfide) groups is 1. The van der Waals surface area contributed by atoms with E-state index in [1.54, 1.807) is 0 Å². The van der Waals surface area contributed by atoms with Gasteiger partial charge in [-0.2, -0.15) is 0 Å². The minimum atomic E-state index is -1.71. The van der Waals surface area contributed by atoms with Crippen LogP contribution < -0.4 is 16.8 Å². The zero-order valence-corrected chi connectivity index (χ0v) is 27.2. The minimum Gasteiger partial charge on any atom is -0.477 e. The van der Waals surface area contributed by atoms with Crippen molar-refractivity contribution in [2.75, 3.05) is 18.1 Å². The Bertz CT molecular complexity index is 1760. The van der Waals surface area contributed by atoms with E-state index < -0.39 is 59.6 Å². The van der Waals surface area contributed by atoms with E-state index in [0.717, 1.165) is 39.1 Å². The number of hydrogen-bond acceptors (Lipinski definition) is 13. The summed E-state index contributed by atoms with van der Waals surface area (Å²) < 4.78 is 10.6. The van der Waals surface area contributed by atoms with E-state index in [9.17, 15) is 29.1 Å². The summed E-state index contributed by atoms with van der Waals surface area (Å²) in [6.07, 6.45) is -1.86. The van der Waals surface area contributed by atoms with E-state index in [0.29, 0.717) is 0 Å². The van der Waals surface area contributed by atoms with Gasteiger partial charge in [0.15, 0.2) is 16.9 Å². The second kappa shape index (κ2) is 14.1. The van der Waals surface area contributed by atoms with Crippen molar-refractivity contribution >= 4 is 63.8 Å². The fourth-order valence-corrected chi connectivity index (χ4v) is 6.67. The Hall–Kier alpha value is -5.42. The smallest absolute Gasteiger partial charge is 0.404 e. The molecule has 15 nitrogen and oxygen atoms in total. The average molecular weight is 695 g/mol. The van der Waals surface area contributed by atoms with Crippen LogP contribution in [0.1, 0.15) is 36.8 Å². The molecule has 0 aliphatic carbocycles. The number of nitrogen functional groups attached to an aromatic ring is 1. The number of anilines is 1. The Kier molecular flexibility index (Phi) is 10.00. The van der Waals surface area contributed by atoms with Crippen LogP contribution in [-0.4, -0.2) is 79.9 Å². The molecule has 250 valence electrons. The van der Waals surface area contributed by atoms with Gasteiger partial charge in [0.25, 0.3) is 11.8 Å². The number of amides is 3. The van der Waals surface area contributed by atoms with Gasteiger partial charge in [-0.05, 0) is 25.0 Å². The highest BCUT2D eigenvalue weighted by atomic mass is 32.2. The van der Waals surface area contributed by atoms with Gasteiger partial charge in [-0.15, -0.1) is 23.1 Å². The number of carboxylic acids is 1. The number of carbonyl (C=O) groups excluding carboxylic acids is 4. The number of benzene rings is 2. The second-order valence-corrected chi connectivity index (χ2v) is 12.9. The molecule has 2 aliphatic rings. The van der Waals surface area contributed by atoms with Crippen LogP contribution in [0.15, 0.2) is 82.5 Å². The number of nitrogens with zero attached hydrogens (tertiary/aromatic N) is 3. The Morgan fingerprint density at radius 2 is 1.73 bits per heavy atom. The zero-order valence-electron chi connectivity index (χ0n) is 25.5. The Labute approximate surface area is 281 Å². The summed E-state index contributed by atoms with van der Waals surface area (Å²) in [5, 5.41) is 17.1. The summed E-state index contributed by atoms with van der Waals surface area (Å²) in [4.78, 5) is 74.0. The highest BCUT2D eigenvalue weighted by Crippen LogP contribution is 2.40. The maximum atomic E-state index is 13.6. The molecule has 5 rings (SSSR count). The molecule has 0 saturated carbocycles. The summed E-state index contributed by atoms with van der Waals surface area (Å²) in [5.74, 6) is -3.71. The molecule has 17 heteroatoms. The van der Waals surface area contributed by atoms with E-state index in [2.05, 4.69) is 15.5 Å². The van der Waals surface area contributed by atoms with Crippen LogP contribution in [0.25, 0.3) is 0 Å². The van der Waals surface area contributed by atoms with Gasteiger partial charge in [0.2, 0.25) is 5.60 Å². The molecule has 1 aromatic heterocycles. The molecule has 2 aromatic carbocycles. The molecule has 48 heavy (non-hydrogen) atoms. The lowest BCUT2D eigenvalue weighted by Crippen LogP contribution is -2.71. The summed E-state index contributed by atoms with van der Waals surface area (Å²) in [6, 6.07) is 17.1. The topological polar surface area (TPSA) is 226 Å². The van der Waals surface area contributed by atoms with Crippen LogP contribution in [0.3, 0.4) is 0 Å². The number of thiazole rings is 1. The largest absolute Gasteiger partial charge is 0.477 e. The molecular weight excluding hydrogens is 665 g/mol. The van der Waals surface area contributed by atoms with Crippen LogP contribution in [0.5, 0.6) is 0 Å². The third kappa shape index (κ3) is 7.26. The highest BCUT2D eigenvalue weighted by Gasteiger charge is 2.54. The minimum absolute atomic E-state index is 0.0162. The first-order valence-electron chi connectivity index (χ1n) is 14.3. The number of fused-ring (bicyclic) bond motifs is 1. The van der Waals surface area contributed by atoms with Crippen LogP contribution in [0, 0.1) is 0 Å². The average Bonchev–Trinajstić information content (AvgIpc) is 3.50. The normalized spacial score (nSPS) is 17.7. The number of rotatable bonds is 12. The molecule has 0 spiro atoms. The number of esters is 1. The molecule has 1 fully saturated rings. The zero-order chi connectivity index (χ0) is 34.6. The van der Waals surface area contributed by atoms with Crippen LogP contribution >= 0.6 is 23.1 Å². The lowest BCUT2D eigenvalue weighted by atomic mass is 10.0. The number of ether oxygens (including phenoxy) is 2. The third-order valence-corrected chi connectivity index (χ3v) is 9.20. The van der Waals surface area contributed by atoms with Gasteiger partial charge in [-0.3, -0.25) is 14.5 Å². The van der Waals surface area contributed by atoms with Gasteiger partial charge in [0, 0.05) is 16.7 Å². The van der Waals surface area contributed by atoms with Crippen molar-refractivity contribution in [3.63, 3.8) is 0 Å². The Balaban J connectivity index is 1.34. The van der Waals surface area contributed by atoms with Gasteiger partial charge in [0.1, 0.15) is 29.4 Å². The molecule has 3 aromatic rings. The molecule has 0 unspecified atom stereocenters. The standard InChI is InChI=1S/C31H30N6O9S2/c1-31(2,28(42)45-23(16-9-5-3-6-10-16)17-11-7-4-8-12-17)46-36-20(19-15-48-29(32)34-19)24(38)35-21-25(39)37-22(27(40)41)18(13-44-30(33)43)14-47-26(21)37/h3-12,15,21,23,26H,13-14H2,1-2H3,(H2,32,34)(H2,33,43)(H,35,38)(H,40,41)/t21-,26-/m1/s1. The van der Waals surface area contributed by atoms with E-state index >= 15 is 0 Å². The number of aromatic nitrogens is 1.